The number of benzene rings is 2. The van der Waals surface area contributed by atoms with Gasteiger partial charge in [0.1, 0.15) is 132 Å². The summed E-state index contributed by atoms with van der Waals surface area (Å²) in [6.45, 7) is 12.7. The molecule has 11 aliphatic heterocycles. The molecule has 2 aromatic rings. The van der Waals surface area contributed by atoms with E-state index >= 15 is 0 Å². The minimum atomic E-state index is -2.06. The molecule has 0 radical (unpaired) electrons. The molecule has 39 nitrogen and oxygen atoms in total. The molecule has 2 aromatic carbocycles. The van der Waals surface area contributed by atoms with Gasteiger partial charge in [-0.1, -0.05) is 23.2 Å². The first-order chi connectivity index (χ1) is 52.6. The predicted molar refractivity (Wildman–Crippen MR) is 363 cm³/mol. The number of ether oxygens (including phenoxy) is 26. The number of aliphatic hydroxyl groups excluding tert-OH is 5. The number of nitrogens with zero attached hydrogens (tertiary/aromatic N) is 1. The lowest BCUT2D eigenvalue weighted by molar-refractivity contribution is -0.595. The zero-order valence-corrected chi connectivity index (χ0v) is 64.5. The van der Waals surface area contributed by atoms with E-state index in [1.54, 1.807) is 34.6 Å². The average molecular weight is 1630 g/mol. The van der Waals surface area contributed by atoms with Crippen molar-refractivity contribution in [3.8, 4) is 23.0 Å². The van der Waals surface area contributed by atoms with Gasteiger partial charge < -0.3 is 164 Å². The molecule has 624 valence electrons. The van der Waals surface area contributed by atoms with Gasteiger partial charge in [0.25, 0.3) is 11.5 Å². The van der Waals surface area contributed by atoms with Crippen molar-refractivity contribution in [3.63, 3.8) is 0 Å². The van der Waals surface area contributed by atoms with E-state index < -0.39 is 248 Å². The maximum Gasteiger partial charge on any atom is 0.342 e. The molecule has 11 heterocycles. The molecule has 8 N–H and O–H groups in total. The standard InChI is InChI=1S/C70H97Cl2NO38/c1-24-15-31(74)16-32(75)40(24)61(82)100-36-22-94-70(60-53(36)92-23-93-60)108-37-21-91-63(46(79)52(37)109-70)106-65-56(89-13)45(78)51(35(101-65)20-86-10)104-64-47(80)55(50(87-11)27(4)97-64)105-66-57(81)68(9)59(30(7)98-66)110-69(111-68)18-33(76)48(28(5)107-69)102-38-17-34(99-39-19-67(8,73(84)85)58(90-14)29(6)96-39)49(26(3)95-38)103-62(83)41-25(2)42(71)44(77)43(72)54(41)88-12/h15-16,26-30,33-39,45-53,55-60,63-66,74-81H,17-23H2,1-14H3/t26-,27-,28+,29+,30+,33+,34-,35-,36-,37+,38+,39+,45+,46-,47-,48+,49-,50+,51-,52-,53+,55-,56+,57+,58+,59+,60-,63+,64+,65+,66-,67+,68+,69-,70+/m1/s1. The van der Waals surface area contributed by atoms with Crippen molar-refractivity contribution in [2.24, 2.45) is 0 Å². The summed E-state index contributed by atoms with van der Waals surface area (Å²) >= 11 is 12.8. The fourth-order valence-electron chi connectivity index (χ4n) is 17.0. The number of halogens is 2. The number of aromatic hydroxyl groups is 3. The van der Waals surface area contributed by atoms with Crippen LogP contribution in [0.2, 0.25) is 10.0 Å². The van der Waals surface area contributed by atoms with E-state index in [0.717, 1.165) is 6.07 Å². The van der Waals surface area contributed by atoms with Crippen LogP contribution in [0.4, 0.5) is 0 Å². The number of aliphatic hydroxyl groups is 5. The molecule has 111 heavy (non-hydrogen) atoms. The minimum Gasteiger partial charge on any atom is -0.508 e. The highest BCUT2D eigenvalue weighted by atomic mass is 35.5. The van der Waals surface area contributed by atoms with Crippen molar-refractivity contribution >= 4 is 35.1 Å². The minimum absolute atomic E-state index is 0.0700. The number of carbonyl (C=O) groups is 2. The monoisotopic (exact) mass is 1630 g/mol. The van der Waals surface area contributed by atoms with Gasteiger partial charge >= 0.3 is 17.9 Å². The molecule has 0 aromatic heterocycles. The third-order valence-corrected chi connectivity index (χ3v) is 23.3. The number of hydrogen-bond donors (Lipinski definition) is 8. The first-order valence-electron chi connectivity index (χ1n) is 36.3. The number of nitro groups is 1. The number of rotatable bonds is 21. The lowest BCUT2D eigenvalue weighted by atomic mass is 9.85. The van der Waals surface area contributed by atoms with E-state index in [0.29, 0.717) is 0 Å². The highest BCUT2D eigenvalue weighted by Gasteiger charge is 2.70. The summed E-state index contributed by atoms with van der Waals surface area (Å²) in [5.41, 5.74) is -3.54. The Bertz CT molecular complexity index is 3630. The van der Waals surface area contributed by atoms with Gasteiger partial charge in [0, 0.05) is 52.8 Å². The van der Waals surface area contributed by atoms with Crippen molar-refractivity contribution < 1.29 is 179 Å². The molecule has 13 rings (SSSR count). The van der Waals surface area contributed by atoms with Crippen LogP contribution in [0.3, 0.4) is 0 Å². The molecule has 41 heteroatoms. The van der Waals surface area contributed by atoms with Crippen LogP contribution in [-0.4, -0.2) is 333 Å². The van der Waals surface area contributed by atoms with Crippen LogP contribution in [0.25, 0.3) is 0 Å². The number of esters is 2. The van der Waals surface area contributed by atoms with E-state index in [1.807, 2.05) is 0 Å². The topological polar surface area (TPSA) is 479 Å². The fourth-order valence-corrected chi connectivity index (χ4v) is 17.5. The molecule has 35 atom stereocenters. The van der Waals surface area contributed by atoms with Crippen LogP contribution in [0, 0.1) is 24.0 Å². The number of aryl methyl sites for hydroxylation is 1. The van der Waals surface area contributed by atoms with E-state index in [1.165, 1.54) is 69.3 Å². The summed E-state index contributed by atoms with van der Waals surface area (Å²) in [4.78, 5) is 39.8. The molecular weight excluding hydrogens is 1530 g/mol. The zero-order chi connectivity index (χ0) is 80.2. The van der Waals surface area contributed by atoms with Crippen LogP contribution < -0.4 is 4.74 Å². The first kappa shape index (κ1) is 84.4. The summed E-state index contributed by atoms with van der Waals surface area (Å²) in [5.74, 6) is -7.54. The third kappa shape index (κ3) is 15.5. The summed E-state index contributed by atoms with van der Waals surface area (Å²) in [5, 5.41) is 104. The molecule has 0 saturated carbocycles. The lowest BCUT2D eigenvalue weighted by Gasteiger charge is -2.50. The summed E-state index contributed by atoms with van der Waals surface area (Å²) in [6, 6.07) is 2.28. The molecule has 0 unspecified atom stereocenters. The SMILES string of the molecule is COC[C@H]1O[C@@H](O[C@@H]2OC[C@@H]3O[C@]4(OC[C@@H](OC(=O)c5c(C)cc(O)cc5O)[C@@H]5OCO[C@H]54)O[C@H]3[C@H]2O)[C@@H](OC)[C@@H](O)[C@@H]1O[C@@H]1O[C@H](C)[C@H](OC)[C@H](O[C@H]2O[C@@H](C)[C@@H]3O[C@]4(C[C@H](O)[C@@H](O[C@H]5C[C@@H](O[C@H]6C[C@](C)([N+](=O)[O-])[C@@H](OC)[C@H](C)O6)[C@H](OC(=O)c6c(C)c(Cl)c(O)c(Cl)c6OC)[C@@H](C)O5)[C@H](C)O4)O[C@@]3(C)[C@H]2O)[C@H]1O. The van der Waals surface area contributed by atoms with Crippen molar-refractivity contribution in [2.75, 3.05) is 62.2 Å². The van der Waals surface area contributed by atoms with Gasteiger partial charge in [-0.15, -0.1) is 0 Å². The number of hydrogen-bond acceptors (Lipinski definition) is 38. The van der Waals surface area contributed by atoms with Gasteiger partial charge in [-0.25, -0.2) is 9.59 Å². The van der Waals surface area contributed by atoms with Gasteiger partial charge in [0.2, 0.25) is 0 Å². The maximum absolute atomic E-state index is 14.3. The smallest absolute Gasteiger partial charge is 0.342 e. The van der Waals surface area contributed by atoms with Crippen LogP contribution in [0.1, 0.15) is 99.6 Å². The summed E-state index contributed by atoms with van der Waals surface area (Å²) in [6.07, 6.45) is -40.9. The summed E-state index contributed by atoms with van der Waals surface area (Å²) < 4.78 is 160. The lowest BCUT2D eigenvalue weighted by Crippen LogP contribution is -2.68. The highest BCUT2D eigenvalue weighted by Crippen LogP contribution is 2.53. The van der Waals surface area contributed by atoms with Crippen molar-refractivity contribution in [3.05, 3.63) is 54.5 Å². The Labute approximate surface area is 645 Å². The largest absolute Gasteiger partial charge is 0.508 e. The normalized spacial score (nSPS) is 45.6. The fraction of sp³-hybridized carbons (Fsp3) is 0.800. The Balaban J connectivity index is 0.644. The highest BCUT2D eigenvalue weighted by molar-refractivity contribution is 6.39. The van der Waals surface area contributed by atoms with Crippen LogP contribution in [0.5, 0.6) is 23.0 Å². The number of carbonyl (C=O) groups excluding carboxylic acids is 2. The maximum atomic E-state index is 14.3. The first-order valence-corrected chi connectivity index (χ1v) is 37.1. The van der Waals surface area contributed by atoms with E-state index in [2.05, 4.69) is 0 Å². The van der Waals surface area contributed by atoms with E-state index in [9.17, 15) is 60.6 Å². The van der Waals surface area contributed by atoms with Crippen LogP contribution >= 0.6 is 23.2 Å². The predicted octanol–water partition coefficient (Wildman–Crippen LogP) is 1.26. The van der Waals surface area contributed by atoms with Gasteiger partial charge in [-0.3, -0.25) is 10.1 Å². The Hall–Kier alpha value is -4.56. The molecule has 2 spiro atoms. The number of phenolic OH excluding ortho intramolecular Hbond substituents is 3. The number of phenols is 3. The van der Waals surface area contributed by atoms with E-state index in [-0.39, 0.29) is 83.3 Å². The second-order valence-corrected chi connectivity index (χ2v) is 30.6. The molecule has 11 aliphatic rings. The van der Waals surface area contributed by atoms with Gasteiger partial charge in [-0.05, 0) is 72.6 Å². The Kier molecular flexibility index (Phi) is 25.1. The Morgan fingerprint density at radius 1 is 0.613 bits per heavy atom. The average Bonchev–Trinajstić information content (AvgIpc) is 1.58. The van der Waals surface area contributed by atoms with Crippen LogP contribution in [-0.2, 0) is 118 Å². The Morgan fingerprint density at radius 2 is 1.31 bits per heavy atom. The second kappa shape index (κ2) is 33.1. The number of fused-ring (bicyclic) bond motifs is 4. The third-order valence-electron chi connectivity index (χ3n) is 22.5. The molecular formula is C70H97Cl2NO38. The molecule has 0 bridgehead atoms. The van der Waals surface area contributed by atoms with Gasteiger partial charge in [0.15, 0.2) is 73.7 Å². The van der Waals surface area contributed by atoms with Crippen molar-refractivity contribution in [2.45, 2.75) is 295 Å². The molecule has 11 saturated heterocycles. The van der Waals surface area contributed by atoms with Crippen molar-refractivity contribution in [1.82, 2.24) is 0 Å². The second-order valence-electron chi connectivity index (χ2n) is 29.9. The van der Waals surface area contributed by atoms with Crippen molar-refractivity contribution in [1.29, 1.82) is 0 Å². The molecule has 0 aliphatic carbocycles. The molecule has 11 fully saturated rings. The molecule has 0 amide bonds. The zero-order valence-electron chi connectivity index (χ0n) is 63.0. The quantitative estimate of drug-likeness (QED) is 0.0495. The summed E-state index contributed by atoms with van der Waals surface area (Å²) in [7, 11) is 6.53. The van der Waals surface area contributed by atoms with E-state index in [4.69, 9.17) is 146 Å². The van der Waals surface area contributed by atoms with Crippen LogP contribution in [0.15, 0.2) is 12.1 Å². The Morgan fingerprint density at radius 3 is 1.98 bits per heavy atom. The number of methoxy groups -OCH3 is 5. The van der Waals surface area contributed by atoms with Gasteiger partial charge in [0.05, 0.1) is 81.4 Å². The van der Waals surface area contributed by atoms with Gasteiger partial charge in [-0.2, -0.15) is 0 Å².